The van der Waals surface area contributed by atoms with Crippen molar-refractivity contribution < 1.29 is 4.79 Å². The first-order chi connectivity index (χ1) is 9.56. The van der Waals surface area contributed by atoms with E-state index in [1.54, 1.807) is 18.2 Å². The van der Waals surface area contributed by atoms with Crippen molar-refractivity contribution in [3.8, 4) is 0 Å². The second-order valence-corrected chi connectivity index (χ2v) is 5.88. The Morgan fingerprint density at radius 2 is 2.05 bits per heavy atom. The molecule has 5 heteroatoms. The predicted octanol–water partition coefficient (Wildman–Crippen LogP) is 3.55. The Bertz CT molecular complexity index is 489. The molecule has 3 nitrogen and oxygen atoms in total. The average molecular weight is 315 g/mol. The van der Waals surface area contributed by atoms with Crippen LogP contribution < -0.4 is 0 Å². The van der Waals surface area contributed by atoms with E-state index in [2.05, 4.69) is 18.7 Å². The third kappa shape index (κ3) is 3.27. The highest BCUT2D eigenvalue weighted by Gasteiger charge is 2.30. The molecule has 0 bridgehead atoms. The van der Waals surface area contributed by atoms with Gasteiger partial charge in [-0.2, -0.15) is 0 Å². The van der Waals surface area contributed by atoms with Crippen molar-refractivity contribution in [2.75, 3.05) is 26.2 Å². The summed E-state index contributed by atoms with van der Waals surface area (Å²) in [7, 11) is 0. The standard InChI is InChI=1S/C15H20Cl2N2O/c1-3-18(4-2)12-7-8-19(10-12)15(20)13-9-11(16)5-6-14(13)17/h5-6,9,12H,3-4,7-8,10H2,1-2H3. The maximum absolute atomic E-state index is 12.5. The van der Waals surface area contributed by atoms with Crippen LogP contribution >= 0.6 is 23.2 Å². The van der Waals surface area contributed by atoms with Gasteiger partial charge in [0.2, 0.25) is 0 Å². The molecule has 1 aliphatic rings. The molecular weight excluding hydrogens is 295 g/mol. The number of likely N-dealkylation sites (N-methyl/N-ethyl adjacent to an activating group) is 1. The molecule has 2 rings (SSSR count). The van der Waals surface area contributed by atoms with E-state index in [0.29, 0.717) is 21.7 Å². The molecule has 0 aromatic heterocycles. The summed E-state index contributed by atoms with van der Waals surface area (Å²) in [6.45, 7) is 7.89. The molecule has 1 aliphatic heterocycles. The van der Waals surface area contributed by atoms with Gasteiger partial charge in [0.05, 0.1) is 10.6 Å². The molecule has 0 spiro atoms. The summed E-state index contributed by atoms with van der Waals surface area (Å²) in [6, 6.07) is 5.47. The Hall–Kier alpha value is -0.770. The summed E-state index contributed by atoms with van der Waals surface area (Å²) in [5.41, 5.74) is 0.499. The molecule has 20 heavy (non-hydrogen) atoms. The fourth-order valence-corrected chi connectivity index (χ4v) is 3.17. The molecule has 0 N–H and O–H groups in total. The van der Waals surface area contributed by atoms with E-state index in [0.717, 1.165) is 32.6 Å². The lowest BCUT2D eigenvalue weighted by atomic mass is 10.2. The number of nitrogens with zero attached hydrogens (tertiary/aromatic N) is 2. The van der Waals surface area contributed by atoms with Crippen LogP contribution in [0.2, 0.25) is 10.0 Å². The van der Waals surface area contributed by atoms with Crippen LogP contribution in [0.4, 0.5) is 0 Å². The average Bonchev–Trinajstić information content (AvgIpc) is 2.92. The van der Waals surface area contributed by atoms with E-state index in [-0.39, 0.29) is 5.91 Å². The number of hydrogen-bond donors (Lipinski definition) is 0. The molecule has 1 amide bonds. The largest absolute Gasteiger partial charge is 0.337 e. The summed E-state index contributed by atoms with van der Waals surface area (Å²) in [6.07, 6.45) is 1.02. The quantitative estimate of drug-likeness (QED) is 0.848. The second kappa shape index (κ2) is 6.79. The van der Waals surface area contributed by atoms with Gasteiger partial charge in [-0.25, -0.2) is 0 Å². The van der Waals surface area contributed by atoms with Crippen molar-refractivity contribution in [3.63, 3.8) is 0 Å². The summed E-state index contributed by atoms with van der Waals surface area (Å²) in [5.74, 6) is -0.0212. The third-order valence-corrected chi connectivity index (χ3v) is 4.50. The smallest absolute Gasteiger partial charge is 0.255 e. The molecule has 1 heterocycles. The Balaban J connectivity index is 2.10. The van der Waals surface area contributed by atoms with Crippen molar-refractivity contribution in [1.82, 2.24) is 9.80 Å². The molecule has 1 saturated heterocycles. The minimum atomic E-state index is -0.0212. The molecule has 1 unspecified atom stereocenters. The van der Waals surface area contributed by atoms with Crippen molar-refractivity contribution in [2.24, 2.45) is 0 Å². The Morgan fingerprint density at radius 1 is 1.35 bits per heavy atom. The van der Waals surface area contributed by atoms with Crippen molar-refractivity contribution in [3.05, 3.63) is 33.8 Å². The van der Waals surface area contributed by atoms with E-state index < -0.39 is 0 Å². The monoisotopic (exact) mass is 314 g/mol. The lowest BCUT2D eigenvalue weighted by Crippen LogP contribution is -2.38. The molecular formula is C15H20Cl2N2O. The van der Waals surface area contributed by atoms with E-state index in [1.807, 2.05) is 4.90 Å². The van der Waals surface area contributed by atoms with E-state index in [9.17, 15) is 4.79 Å². The van der Waals surface area contributed by atoms with Crippen LogP contribution in [-0.2, 0) is 0 Å². The Morgan fingerprint density at radius 3 is 2.70 bits per heavy atom. The summed E-state index contributed by atoms with van der Waals surface area (Å²) in [4.78, 5) is 16.8. The topological polar surface area (TPSA) is 23.6 Å². The third-order valence-electron chi connectivity index (χ3n) is 3.94. The van der Waals surface area contributed by atoms with E-state index in [1.165, 1.54) is 0 Å². The zero-order chi connectivity index (χ0) is 14.7. The SMILES string of the molecule is CCN(CC)C1CCN(C(=O)c2cc(Cl)ccc2Cl)C1. The van der Waals surface area contributed by atoms with Crippen molar-refractivity contribution in [1.29, 1.82) is 0 Å². The second-order valence-electron chi connectivity index (χ2n) is 5.04. The van der Waals surface area contributed by atoms with Gasteiger partial charge < -0.3 is 4.90 Å². The van der Waals surface area contributed by atoms with Gasteiger partial charge in [0, 0.05) is 24.2 Å². The number of rotatable bonds is 4. The number of carbonyl (C=O) groups is 1. The van der Waals surface area contributed by atoms with Gasteiger partial charge in [-0.05, 0) is 37.7 Å². The zero-order valence-corrected chi connectivity index (χ0v) is 13.4. The highest BCUT2D eigenvalue weighted by Crippen LogP contribution is 2.24. The Labute approximate surface area is 130 Å². The first kappa shape index (κ1) is 15.6. The van der Waals surface area contributed by atoms with Gasteiger partial charge in [0.15, 0.2) is 0 Å². The number of carbonyl (C=O) groups excluding carboxylic acids is 1. The molecule has 1 fully saturated rings. The summed E-state index contributed by atoms with van der Waals surface area (Å²) in [5, 5.41) is 1.00. The minimum absolute atomic E-state index is 0.0212. The lowest BCUT2D eigenvalue weighted by Gasteiger charge is -2.26. The summed E-state index contributed by atoms with van der Waals surface area (Å²) >= 11 is 12.1. The van der Waals surface area contributed by atoms with Crippen LogP contribution in [0.1, 0.15) is 30.6 Å². The number of halogens is 2. The maximum Gasteiger partial charge on any atom is 0.255 e. The maximum atomic E-state index is 12.5. The van der Waals surface area contributed by atoms with Crippen LogP contribution in [0.3, 0.4) is 0 Å². The van der Waals surface area contributed by atoms with Crippen LogP contribution in [-0.4, -0.2) is 47.9 Å². The molecule has 1 atom stereocenters. The number of likely N-dealkylation sites (tertiary alicyclic amines) is 1. The minimum Gasteiger partial charge on any atom is -0.337 e. The van der Waals surface area contributed by atoms with Gasteiger partial charge in [0.25, 0.3) is 5.91 Å². The van der Waals surface area contributed by atoms with Gasteiger partial charge in [-0.15, -0.1) is 0 Å². The van der Waals surface area contributed by atoms with Crippen LogP contribution in [0.5, 0.6) is 0 Å². The highest BCUT2D eigenvalue weighted by molar-refractivity contribution is 6.35. The first-order valence-electron chi connectivity index (χ1n) is 7.05. The fourth-order valence-electron chi connectivity index (χ4n) is 2.80. The van der Waals surface area contributed by atoms with E-state index in [4.69, 9.17) is 23.2 Å². The van der Waals surface area contributed by atoms with Gasteiger partial charge >= 0.3 is 0 Å². The molecule has 0 radical (unpaired) electrons. The molecule has 1 aromatic carbocycles. The van der Waals surface area contributed by atoms with Gasteiger partial charge in [0.1, 0.15) is 0 Å². The van der Waals surface area contributed by atoms with E-state index >= 15 is 0 Å². The lowest BCUT2D eigenvalue weighted by molar-refractivity contribution is 0.0778. The van der Waals surface area contributed by atoms with Crippen molar-refractivity contribution in [2.45, 2.75) is 26.3 Å². The first-order valence-corrected chi connectivity index (χ1v) is 7.80. The van der Waals surface area contributed by atoms with Crippen LogP contribution in [0.25, 0.3) is 0 Å². The van der Waals surface area contributed by atoms with Crippen LogP contribution in [0.15, 0.2) is 18.2 Å². The van der Waals surface area contributed by atoms with Crippen molar-refractivity contribution >= 4 is 29.1 Å². The van der Waals surface area contributed by atoms with Gasteiger partial charge in [-0.3, -0.25) is 9.69 Å². The summed E-state index contributed by atoms with van der Waals surface area (Å²) < 4.78 is 0. The van der Waals surface area contributed by atoms with Crippen LogP contribution in [0, 0.1) is 0 Å². The number of hydrogen-bond acceptors (Lipinski definition) is 2. The molecule has 0 aliphatic carbocycles. The molecule has 1 aromatic rings. The van der Waals surface area contributed by atoms with Gasteiger partial charge in [-0.1, -0.05) is 37.0 Å². The number of benzene rings is 1. The zero-order valence-electron chi connectivity index (χ0n) is 11.9. The Kier molecular flexibility index (Phi) is 5.30. The molecule has 110 valence electrons. The fraction of sp³-hybridized carbons (Fsp3) is 0.533. The number of amides is 1. The molecule has 0 saturated carbocycles. The normalized spacial score (nSPS) is 18.9. The predicted molar refractivity (Wildman–Crippen MR) is 83.7 cm³/mol. The highest BCUT2D eigenvalue weighted by atomic mass is 35.5.